The molecule has 0 aromatic carbocycles. The first-order chi connectivity index (χ1) is 31.0. The largest absolute Gasteiger partial charge is 0.462 e. The zero-order valence-corrected chi connectivity index (χ0v) is 41.2. The van der Waals surface area contributed by atoms with Crippen molar-refractivity contribution in [2.75, 3.05) is 6.61 Å². The number of rotatable bonds is 46. The molecule has 0 radical (unpaired) electrons. The van der Waals surface area contributed by atoms with Gasteiger partial charge in [-0.1, -0.05) is 228 Å². The summed E-state index contributed by atoms with van der Waals surface area (Å²) in [5.41, 5.74) is 0. The number of carbonyl (C=O) groups is 2. The van der Waals surface area contributed by atoms with Gasteiger partial charge in [0, 0.05) is 6.42 Å². The first-order valence-electron chi connectivity index (χ1n) is 26.4. The first-order valence-corrected chi connectivity index (χ1v) is 26.4. The van der Waals surface area contributed by atoms with Gasteiger partial charge in [0.15, 0.2) is 0 Å². The highest BCUT2D eigenvalue weighted by atomic mass is 16.5. The van der Waals surface area contributed by atoms with Crippen molar-refractivity contribution >= 4 is 11.9 Å². The summed E-state index contributed by atoms with van der Waals surface area (Å²) >= 11 is 0. The molecule has 0 fully saturated rings. The SMILES string of the molecule is CC/C=C/C/C=C/C/C=C/CCCCCCCCC(=O)OC(CCCCC/C=C/C=C/C=C/C=C/CCCCC)CC(=O)NC(CO)C(O)CCCCCCCCCCCCCC. The molecule has 0 saturated heterocycles. The Bertz CT molecular complexity index is 1210. The topological polar surface area (TPSA) is 95.9 Å². The molecule has 3 atom stereocenters. The van der Waals surface area contributed by atoms with Crippen LogP contribution in [0.5, 0.6) is 0 Å². The van der Waals surface area contributed by atoms with Crippen molar-refractivity contribution in [1.82, 2.24) is 5.32 Å². The van der Waals surface area contributed by atoms with Crippen LogP contribution < -0.4 is 5.32 Å². The number of amides is 1. The van der Waals surface area contributed by atoms with Crippen LogP contribution >= 0.6 is 0 Å². The van der Waals surface area contributed by atoms with Crippen LogP contribution in [0.1, 0.15) is 239 Å². The zero-order chi connectivity index (χ0) is 45.9. The third kappa shape index (κ3) is 45.4. The number of aliphatic hydroxyl groups is 2. The Morgan fingerprint density at radius 2 is 0.921 bits per heavy atom. The summed E-state index contributed by atoms with van der Waals surface area (Å²) in [7, 11) is 0. The summed E-state index contributed by atoms with van der Waals surface area (Å²) in [6.07, 6.45) is 64.9. The number of esters is 1. The van der Waals surface area contributed by atoms with Gasteiger partial charge in [-0.05, 0) is 83.5 Å². The highest BCUT2D eigenvalue weighted by molar-refractivity contribution is 5.77. The van der Waals surface area contributed by atoms with Crippen molar-refractivity contribution < 1.29 is 24.5 Å². The fourth-order valence-corrected chi connectivity index (χ4v) is 7.57. The van der Waals surface area contributed by atoms with E-state index in [1.165, 1.54) is 96.3 Å². The van der Waals surface area contributed by atoms with Gasteiger partial charge in [-0.15, -0.1) is 0 Å². The summed E-state index contributed by atoms with van der Waals surface area (Å²) in [6.45, 7) is 6.32. The van der Waals surface area contributed by atoms with E-state index >= 15 is 0 Å². The fourth-order valence-electron chi connectivity index (χ4n) is 7.57. The van der Waals surface area contributed by atoms with Crippen molar-refractivity contribution in [2.45, 2.75) is 257 Å². The van der Waals surface area contributed by atoms with Crippen LogP contribution in [0, 0.1) is 0 Å². The molecular weight excluding hydrogens is 779 g/mol. The molecule has 0 aromatic heterocycles. The van der Waals surface area contributed by atoms with Gasteiger partial charge in [-0.3, -0.25) is 9.59 Å². The second-order valence-corrected chi connectivity index (χ2v) is 17.6. The number of aliphatic hydroxyl groups excluding tert-OH is 2. The maximum absolute atomic E-state index is 13.2. The molecule has 0 aliphatic carbocycles. The molecule has 6 nitrogen and oxygen atoms in total. The lowest BCUT2D eigenvalue weighted by Gasteiger charge is -2.24. The summed E-state index contributed by atoms with van der Waals surface area (Å²) in [4.78, 5) is 26.2. The number of ether oxygens (including phenoxy) is 1. The Hall–Kier alpha value is -2.96. The molecular formula is C57H99NO5. The number of allylic oxidation sites excluding steroid dienone is 14. The lowest BCUT2D eigenvalue weighted by Crippen LogP contribution is -2.46. The van der Waals surface area contributed by atoms with Crippen LogP contribution in [0.15, 0.2) is 85.1 Å². The third-order valence-corrected chi connectivity index (χ3v) is 11.6. The summed E-state index contributed by atoms with van der Waals surface area (Å²) < 4.78 is 5.92. The van der Waals surface area contributed by atoms with E-state index < -0.39 is 18.2 Å². The van der Waals surface area contributed by atoms with Crippen LogP contribution in [0.2, 0.25) is 0 Å². The van der Waals surface area contributed by atoms with Crippen LogP contribution in [0.25, 0.3) is 0 Å². The van der Waals surface area contributed by atoms with Gasteiger partial charge in [0.1, 0.15) is 6.10 Å². The van der Waals surface area contributed by atoms with E-state index in [2.05, 4.69) is 105 Å². The number of carbonyl (C=O) groups excluding carboxylic acids is 2. The van der Waals surface area contributed by atoms with Gasteiger partial charge in [0.25, 0.3) is 0 Å². The molecule has 0 bridgehead atoms. The molecule has 0 rings (SSSR count). The lowest BCUT2D eigenvalue weighted by atomic mass is 10.0. The molecule has 3 unspecified atom stereocenters. The van der Waals surface area contributed by atoms with E-state index in [0.29, 0.717) is 19.3 Å². The van der Waals surface area contributed by atoms with Crippen molar-refractivity contribution in [3.05, 3.63) is 85.1 Å². The van der Waals surface area contributed by atoms with Gasteiger partial charge in [-0.2, -0.15) is 0 Å². The second kappa shape index (κ2) is 50.0. The van der Waals surface area contributed by atoms with E-state index in [4.69, 9.17) is 4.74 Å². The Kier molecular flexibility index (Phi) is 47.7. The van der Waals surface area contributed by atoms with Gasteiger partial charge < -0.3 is 20.3 Å². The summed E-state index contributed by atoms with van der Waals surface area (Å²) in [5.74, 6) is -0.530. The third-order valence-electron chi connectivity index (χ3n) is 11.6. The Labute approximate surface area is 389 Å². The minimum absolute atomic E-state index is 0.0424. The van der Waals surface area contributed by atoms with Crippen molar-refractivity contribution in [3.63, 3.8) is 0 Å². The first kappa shape index (κ1) is 60.0. The molecule has 0 aliphatic heterocycles. The Morgan fingerprint density at radius 3 is 1.49 bits per heavy atom. The molecule has 63 heavy (non-hydrogen) atoms. The average molecular weight is 878 g/mol. The van der Waals surface area contributed by atoms with Gasteiger partial charge >= 0.3 is 5.97 Å². The Balaban J connectivity index is 4.71. The molecule has 0 aliphatic rings. The molecule has 3 N–H and O–H groups in total. The maximum Gasteiger partial charge on any atom is 0.306 e. The highest BCUT2D eigenvalue weighted by Gasteiger charge is 2.24. The quantitative estimate of drug-likeness (QED) is 0.0245. The average Bonchev–Trinajstić information content (AvgIpc) is 3.28. The molecule has 0 saturated carbocycles. The van der Waals surface area contributed by atoms with Crippen LogP contribution in [-0.4, -0.2) is 46.9 Å². The number of hydrogen-bond acceptors (Lipinski definition) is 5. The predicted octanol–water partition coefficient (Wildman–Crippen LogP) is 16.0. The van der Waals surface area contributed by atoms with Gasteiger partial charge in [0.05, 0.1) is 25.2 Å². The van der Waals surface area contributed by atoms with E-state index in [1.54, 1.807) is 0 Å². The number of nitrogens with one attached hydrogen (secondary N) is 1. The normalized spacial score (nSPS) is 13.9. The van der Waals surface area contributed by atoms with E-state index in [1.807, 2.05) is 6.08 Å². The standard InChI is InChI=1S/C57H99NO5/c1-4-7-10-13-16-19-22-25-27-29-31-33-36-39-42-45-48-53(63-57(62)50-47-44-41-38-35-32-30-28-26-23-20-17-14-11-8-5-2)51-56(61)58-54(52-59)55(60)49-46-43-40-37-34-24-21-18-15-12-9-6-3/h8,11,16-17,19-20,22,25-29,31,33,53-55,59-60H,4-7,9-10,12-15,18,21,23-24,30,32,34-52H2,1-3H3,(H,58,61)/b11-8+,19-16+,20-17+,25-22+,28-26+,29-27+,33-31+. The summed E-state index contributed by atoms with van der Waals surface area (Å²) in [5, 5.41) is 23.8. The van der Waals surface area contributed by atoms with Crippen molar-refractivity contribution in [1.29, 1.82) is 0 Å². The van der Waals surface area contributed by atoms with Gasteiger partial charge in [-0.25, -0.2) is 0 Å². The Morgan fingerprint density at radius 1 is 0.492 bits per heavy atom. The summed E-state index contributed by atoms with van der Waals surface area (Å²) in [6, 6.07) is -0.721. The van der Waals surface area contributed by atoms with Crippen molar-refractivity contribution in [2.24, 2.45) is 0 Å². The number of unbranched alkanes of at least 4 members (excludes halogenated alkanes) is 23. The highest BCUT2D eigenvalue weighted by Crippen LogP contribution is 2.17. The molecule has 6 heteroatoms. The zero-order valence-electron chi connectivity index (χ0n) is 41.2. The lowest BCUT2D eigenvalue weighted by molar-refractivity contribution is -0.151. The minimum Gasteiger partial charge on any atom is -0.462 e. The van der Waals surface area contributed by atoms with E-state index in [9.17, 15) is 19.8 Å². The van der Waals surface area contributed by atoms with Crippen LogP contribution in [0.4, 0.5) is 0 Å². The molecule has 1 amide bonds. The number of hydrogen-bond donors (Lipinski definition) is 3. The van der Waals surface area contributed by atoms with Crippen molar-refractivity contribution in [3.8, 4) is 0 Å². The van der Waals surface area contributed by atoms with E-state index in [0.717, 1.165) is 96.3 Å². The molecule has 0 aromatic rings. The monoisotopic (exact) mass is 878 g/mol. The predicted molar refractivity (Wildman–Crippen MR) is 273 cm³/mol. The second-order valence-electron chi connectivity index (χ2n) is 17.6. The minimum atomic E-state index is -0.805. The van der Waals surface area contributed by atoms with E-state index in [-0.39, 0.29) is 24.9 Å². The molecule has 362 valence electrons. The molecule has 0 heterocycles. The fraction of sp³-hybridized carbons (Fsp3) is 0.719. The smallest absolute Gasteiger partial charge is 0.306 e. The maximum atomic E-state index is 13.2. The van der Waals surface area contributed by atoms with Gasteiger partial charge in [0.2, 0.25) is 5.91 Å². The van der Waals surface area contributed by atoms with Crippen LogP contribution in [-0.2, 0) is 14.3 Å². The van der Waals surface area contributed by atoms with Crippen LogP contribution in [0.3, 0.4) is 0 Å². The molecule has 0 spiro atoms.